The van der Waals surface area contributed by atoms with Crippen LogP contribution in [-0.4, -0.2) is 23.2 Å². The number of hydrogen-bond acceptors (Lipinski definition) is 2. The van der Waals surface area contributed by atoms with E-state index in [1.165, 1.54) is 0 Å². The van der Waals surface area contributed by atoms with Crippen molar-refractivity contribution in [1.29, 1.82) is 0 Å². The quantitative estimate of drug-likeness (QED) is 0.384. The zero-order valence-corrected chi connectivity index (χ0v) is 8.67. The summed E-state index contributed by atoms with van der Waals surface area (Å²) in [5, 5.41) is 1.24. The highest BCUT2D eigenvalue weighted by Gasteiger charge is 2.30. The molecule has 0 spiro atoms. The Morgan fingerprint density at radius 2 is 2.25 bits per heavy atom. The third-order valence-corrected chi connectivity index (χ3v) is 2.20. The normalized spacial score (nSPS) is 12.8. The molecule has 1 aromatic rings. The Morgan fingerprint density at radius 3 is 2.94 bits per heavy atom. The lowest BCUT2D eigenvalue weighted by Gasteiger charge is -1.97. The van der Waals surface area contributed by atoms with Gasteiger partial charge in [0.25, 0.3) is 0 Å². The third kappa shape index (κ3) is 1.53. The van der Waals surface area contributed by atoms with Gasteiger partial charge in [-0.2, -0.15) is 0 Å². The molecule has 0 N–H and O–H groups in total. The van der Waals surface area contributed by atoms with E-state index in [0.717, 1.165) is 0 Å². The second kappa shape index (κ2) is 4.08. The molecule has 0 bridgehead atoms. The number of carbonyl (C=O) groups excluding carboxylic acids is 1. The molecule has 16 heavy (non-hydrogen) atoms. The standard InChI is InChI=1S/C11H9N3O2/c1-2-16-11(15)9-7-5-3-4-6-8(7)13-10(9)14-12/h3-6H,2H2,1H3. The van der Waals surface area contributed by atoms with Crippen molar-refractivity contribution >= 4 is 17.4 Å². The first-order valence-electron chi connectivity index (χ1n) is 4.85. The summed E-state index contributed by atoms with van der Waals surface area (Å²) in [4.78, 5) is 18.7. The second-order valence-electron chi connectivity index (χ2n) is 3.15. The van der Waals surface area contributed by atoms with Crippen molar-refractivity contribution in [2.45, 2.75) is 6.92 Å². The van der Waals surface area contributed by atoms with Crippen molar-refractivity contribution in [3.05, 3.63) is 40.4 Å². The van der Waals surface area contributed by atoms with Crippen molar-refractivity contribution < 1.29 is 14.3 Å². The van der Waals surface area contributed by atoms with Crippen LogP contribution < -0.4 is 10.6 Å². The maximum atomic E-state index is 11.7. The Bertz CT molecular complexity index is 612. The van der Waals surface area contributed by atoms with Crippen LogP contribution in [0.15, 0.2) is 29.3 Å². The number of amidine groups is 1. The molecule has 0 aromatic heterocycles. The fourth-order valence-corrected chi connectivity index (χ4v) is 1.55. The molecule has 1 aliphatic heterocycles. The smallest absolute Gasteiger partial charge is 0.416 e. The molecule has 80 valence electrons. The monoisotopic (exact) mass is 215 g/mol. The van der Waals surface area contributed by atoms with Gasteiger partial charge in [-0.05, 0) is 24.0 Å². The molecular formula is C11H9N3O2. The highest BCUT2D eigenvalue weighted by Crippen LogP contribution is 2.03. The molecule has 0 saturated heterocycles. The first-order chi connectivity index (χ1) is 7.77. The van der Waals surface area contributed by atoms with E-state index in [9.17, 15) is 4.79 Å². The van der Waals surface area contributed by atoms with Crippen molar-refractivity contribution in [2.75, 3.05) is 6.61 Å². The Morgan fingerprint density at radius 1 is 1.50 bits per heavy atom. The van der Waals surface area contributed by atoms with Gasteiger partial charge >= 0.3 is 11.8 Å². The topological polar surface area (TPSA) is 75.1 Å². The number of carbonyl (C=O) groups is 1. The lowest BCUT2D eigenvalue weighted by atomic mass is 10.2. The molecular weight excluding hydrogens is 206 g/mol. The molecule has 5 heteroatoms. The zero-order chi connectivity index (χ0) is 11.5. The van der Waals surface area contributed by atoms with Crippen LogP contribution in [-0.2, 0) is 9.53 Å². The first-order valence-corrected chi connectivity index (χ1v) is 4.85. The fraction of sp³-hybridized carbons (Fsp3) is 0.182. The van der Waals surface area contributed by atoms with E-state index in [-0.39, 0.29) is 18.0 Å². The van der Waals surface area contributed by atoms with Gasteiger partial charge in [-0.3, -0.25) is 0 Å². The molecule has 0 radical (unpaired) electrons. The second-order valence-corrected chi connectivity index (χ2v) is 3.15. The summed E-state index contributed by atoms with van der Waals surface area (Å²) in [6.07, 6.45) is 0. The Labute approximate surface area is 91.3 Å². The number of fused-ring (bicyclic) bond motifs is 1. The lowest BCUT2D eigenvalue weighted by Crippen LogP contribution is -2.26. The Balaban J connectivity index is 2.71. The molecule has 0 atom stereocenters. The molecule has 5 nitrogen and oxygen atoms in total. The van der Waals surface area contributed by atoms with Crippen molar-refractivity contribution in [3.8, 4) is 0 Å². The maximum absolute atomic E-state index is 11.7. The Hall–Kier alpha value is -2.26. The molecule has 1 aliphatic rings. The van der Waals surface area contributed by atoms with Gasteiger partial charge in [0.05, 0.1) is 11.8 Å². The average Bonchev–Trinajstić information content (AvgIpc) is 2.67. The highest BCUT2D eigenvalue weighted by atomic mass is 16.5. The molecule has 0 fully saturated rings. The van der Waals surface area contributed by atoms with Crippen LogP contribution in [0.2, 0.25) is 0 Å². The minimum absolute atomic E-state index is 0.000324. The number of hydrogen-bond donors (Lipinski definition) is 0. The van der Waals surface area contributed by atoms with Gasteiger partial charge in [0.1, 0.15) is 0 Å². The van der Waals surface area contributed by atoms with Crippen LogP contribution in [0.5, 0.6) is 0 Å². The van der Waals surface area contributed by atoms with E-state index in [2.05, 4.69) is 9.78 Å². The molecule has 0 amide bonds. The van der Waals surface area contributed by atoms with Gasteiger partial charge in [0.2, 0.25) is 0 Å². The van der Waals surface area contributed by atoms with E-state index in [1.54, 1.807) is 31.2 Å². The van der Waals surface area contributed by atoms with Crippen molar-refractivity contribution in [3.63, 3.8) is 0 Å². The summed E-state index contributed by atoms with van der Waals surface area (Å²) in [6.45, 7) is 1.98. The van der Waals surface area contributed by atoms with E-state index < -0.39 is 5.97 Å². The summed E-state index contributed by atoms with van der Waals surface area (Å²) >= 11 is 0. The van der Waals surface area contributed by atoms with Gasteiger partial charge in [-0.25, -0.2) is 4.79 Å². The van der Waals surface area contributed by atoms with Crippen molar-refractivity contribution in [1.82, 2.24) is 0 Å². The fourth-order valence-electron chi connectivity index (χ4n) is 1.55. The van der Waals surface area contributed by atoms with Gasteiger partial charge in [-0.1, -0.05) is 12.1 Å². The molecule has 1 heterocycles. The molecule has 0 unspecified atom stereocenters. The van der Waals surface area contributed by atoms with E-state index in [1.807, 2.05) is 0 Å². The lowest BCUT2D eigenvalue weighted by molar-refractivity contribution is -0.136. The largest absolute Gasteiger partial charge is 0.497 e. The van der Waals surface area contributed by atoms with E-state index in [0.29, 0.717) is 10.6 Å². The van der Waals surface area contributed by atoms with Crippen LogP contribution in [0.4, 0.5) is 0 Å². The molecule has 1 aromatic carbocycles. The summed E-state index contributed by atoms with van der Waals surface area (Å²) < 4.78 is 4.89. The molecule has 0 aliphatic carbocycles. The van der Waals surface area contributed by atoms with Crippen LogP contribution in [0, 0.1) is 0 Å². The number of para-hydroxylation sites is 1. The van der Waals surface area contributed by atoms with E-state index in [4.69, 9.17) is 10.3 Å². The van der Waals surface area contributed by atoms with Crippen LogP contribution in [0.25, 0.3) is 11.1 Å². The predicted molar refractivity (Wildman–Crippen MR) is 55.9 cm³/mol. The van der Waals surface area contributed by atoms with Crippen LogP contribution in [0.1, 0.15) is 6.92 Å². The minimum Gasteiger partial charge on any atom is -0.497 e. The third-order valence-electron chi connectivity index (χ3n) is 2.20. The summed E-state index contributed by atoms with van der Waals surface area (Å²) in [5.74, 6) is -0.524. The van der Waals surface area contributed by atoms with E-state index >= 15 is 0 Å². The number of rotatable bonds is 2. The number of ether oxygens (including phenoxy) is 1. The molecule has 2 rings (SSSR count). The van der Waals surface area contributed by atoms with Crippen molar-refractivity contribution in [2.24, 2.45) is 4.99 Å². The maximum Gasteiger partial charge on any atom is 0.416 e. The summed E-state index contributed by atoms with van der Waals surface area (Å²) in [6, 6.07) is 7.06. The summed E-state index contributed by atoms with van der Waals surface area (Å²) in [5.41, 5.74) is 9.00. The summed E-state index contributed by atoms with van der Waals surface area (Å²) in [7, 11) is 0. The van der Waals surface area contributed by atoms with Crippen LogP contribution >= 0.6 is 0 Å². The van der Waals surface area contributed by atoms with Gasteiger partial charge in [0, 0.05) is 0 Å². The Kier molecular flexibility index (Phi) is 2.62. The van der Waals surface area contributed by atoms with Crippen LogP contribution in [0.3, 0.4) is 0 Å². The number of nitrogens with zero attached hydrogens (tertiary/aromatic N) is 3. The predicted octanol–water partition coefficient (Wildman–Crippen LogP) is -0.338. The molecule has 0 saturated carbocycles. The first kappa shape index (κ1) is 10.3. The number of benzene rings is 1. The van der Waals surface area contributed by atoms with Gasteiger partial charge < -0.3 is 15.1 Å². The zero-order valence-electron chi connectivity index (χ0n) is 8.67. The average molecular weight is 215 g/mol. The van der Waals surface area contributed by atoms with Gasteiger partial charge in [-0.15, -0.1) is 0 Å². The highest BCUT2D eigenvalue weighted by molar-refractivity contribution is 6.39. The van der Waals surface area contributed by atoms with Gasteiger partial charge in [0.15, 0.2) is 10.9 Å². The number of esters is 1. The minimum atomic E-state index is -0.524. The SMILES string of the molecule is CCOC(=O)C1=c2ccccc2=NC1=[N+]=[N-].